The minimum absolute atomic E-state index is 0.239. The molecule has 3 N–H and O–H groups in total. The zero-order valence-corrected chi connectivity index (χ0v) is 9.22. The SMILES string of the molecule is N#Cc1ccc(Cc2cc(N)ccc2O)cc1. The van der Waals surface area contributed by atoms with Crippen LogP contribution in [0, 0.1) is 11.3 Å². The Bertz CT molecular complexity index is 568. The van der Waals surface area contributed by atoms with Crippen LogP contribution >= 0.6 is 0 Å². The topological polar surface area (TPSA) is 70.0 Å². The molecule has 0 amide bonds. The van der Waals surface area contributed by atoms with Crippen molar-refractivity contribution in [1.82, 2.24) is 0 Å². The average Bonchev–Trinajstić information content (AvgIpc) is 2.35. The second-order valence-corrected chi connectivity index (χ2v) is 3.87. The van der Waals surface area contributed by atoms with E-state index in [0.29, 0.717) is 17.7 Å². The molecule has 3 heteroatoms. The predicted molar refractivity (Wildman–Crippen MR) is 66.5 cm³/mol. The van der Waals surface area contributed by atoms with Gasteiger partial charge in [-0.1, -0.05) is 12.1 Å². The molecule has 0 saturated carbocycles. The van der Waals surface area contributed by atoms with Gasteiger partial charge in [0.2, 0.25) is 0 Å². The Kier molecular flexibility index (Phi) is 2.97. The Balaban J connectivity index is 2.25. The van der Waals surface area contributed by atoms with Gasteiger partial charge in [0, 0.05) is 17.7 Å². The largest absolute Gasteiger partial charge is 0.508 e. The molecule has 0 aliphatic heterocycles. The molecule has 3 nitrogen and oxygen atoms in total. The summed E-state index contributed by atoms with van der Waals surface area (Å²) in [4.78, 5) is 0. The number of anilines is 1. The van der Waals surface area contributed by atoms with E-state index in [1.807, 2.05) is 12.1 Å². The van der Waals surface area contributed by atoms with Crippen LogP contribution in [0.1, 0.15) is 16.7 Å². The normalized spacial score (nSPS) is 9.82. The van der Waals surface area contributed by atoms with Crippen LogP contribution in [0.2, 0.25) is 0 Å². The van der Waals surface area contributed by atoms with Crippen LogP contribution in [0.4, 0.5) is 5.69 Å². The first-order valence-corrected chi connectivity index (χ1v) is 5.25. The van der Waals surface area contributed by atoms with Crippen molar-refractivity contribution in [3.05, 3.63) is 59.2 Å². The highest BCUT2D eigenvalue weighted by Crippen LogP contribution is 2.22. The molecule has 2 aromatic carbocycles. The fourth-order valence-corrected chi connectivity index (χ4v) is 1.66. The van der Waals surface area contributed by atoms with Crippen LogP contribution in [-0.2, 0) is 6.42 Å². The number of phenols is 1. The van der Waals surface area contributed by atoms with Gasteiger partial charge >= 0.3 is 0 Å². The van der Waals surface area contributed by atoms with Crippen LogP contribution < -0.4 is 5.73 Å². The smallest absolute Gasteiger partial charge is 0.119 e. The molecular formula is C14H12N2O. The molecule has 0 spiro atoms. The number of hydrogen-bond acceptors (Lipinski definition) is 3. The van der Waals surface area contributed by atoms with Crippen molar-refractivity contribution in [2.24, 2.45) is 0 Å². The number of nitrogens with zero attached hydrogens (tertiary/aromatic N) is 1. The van der Waals surface area contributed by atoms with Crippen molar-refractivity contribution >= 4 is 5.69 Å². The van der Waals surface area contributed by atoms with Crippen LogP contribution in [0.25, 0.3) is 0 Å². The molecule has 0 heterocycles. The Morgan fingerprint density at radius 3 is 2.47 bits per heavy atom. The van der Waals surface area contributed by atoms with Crippen LogP contribution in [0.15, 0.2) is 42.5 Å². The Morgan fingerprint density at radius 1 is 1.12 bits per heavy atom. The highest BCUT2D eigenvalue weighted by atomic mass is 16.3. The van der Waals surface area contributed by atoms with Gasteiger partial charge in [-0.15, -0.1) is 0 Å². The van der Waals surface area contributed by atoms with Gasteiger partial charge < -0.3 is 10.8 Å². The molecule has 84 valence electrons. The summed E-state index contributed by atoms with van der Waals surface area (Å²) in [5, 5.41) is 18.4. The minimum atomic E-state index is 0.239. The van der Waals surface area contributed by atoms with Gasteiger partial charge in [-0.05, 0) is 35.9 Å². The monoisotopic (exact) mass is 224 g/mol. The van der Waals surface area contributed by atoms with E-state index in [0.717, 1.165) is 11.1 Å². The summed E-state index contributed by atoms with van der Waals surface area (Å²) < 4.78 is 0. The van der Waals surface area contributed by atoms with E-state index in [4.69, 9.17) is 11.0 Å². The summed E-state index contributed by atoms with van der Waals surface area (Å²) in [6, 6.07) is 14.4. The minimum Gasteiger partial charge on any atom is -0.508 e. The second kappa shape index (κ2) is 4.58. The summed E-state index contributed by atoms with van der Waals surface area (Å²) in [5.74, 6) is 0.239. The maximum absolute atomic E-state index is 9.69. The molecule has 0 fully saturated rings. The molecule has 0 unspecified atom stereocenters. The van der Waals surface area contributed by atoms with Gasteiger partial charge in [-0.25, -0.2) is 0 Å². The zero-order valence-electron chi connectivity index (χ0n) is 9.22. The Labute approximate surface area is 99.7 Å². The van der Waals surface area contributed by atoms with Crippen LogP contribution in [-0.4, -0.2) is 5.11 Å². The van der Waals surface area contributed by atoms with Crippen LogP contribution in [0.3, 0.4) is 0 Å². The number of phenolic OH excluding ortho intramolecular Hbond substituents is 1. The summed E-state index contributed by atoms with van der Waals surface area (Å²) in [6.07, 6.45) is 0.600. The molecule has 0 atom stereocenters. The van der Waals surface area contributed by atoms with Gasteiger partial charge in [0.1, 0.15) is 5.75 Å². The van der Waals surface area contributed by atoms with Crippen LogP contribution in [0.5, 0.6) is 5.75 Å². The molecule has 0 aliphatic carbocycles. The van der Waals surface area contributed by atoms with Crippen molar-refractivity contribution < 1.29 is 5.11 Å². The second-order valence-electron chi connectivity index (χ2n) is 3.87. The van der Waals surface area contributed by atoms with Crippen molar-refractivity contribution in [1.29, 1.82) is 5.26 Å². The summed E-state index contributed by atoms with van der Waals surface area (Å²) in [6.45, 7) is 0. The number of rotatable bonds is 2. The van der Waals surface area contributed by atoms with Crippen molar-refractivity contribution in [2.45, 2.75) is 6.42 Å². The zero-order chi connectivity index (χ0) is 12.3. The number of hydrogen-bond donors (Lipinski definition) is 2. The number of nitrogens with two attached hydrogens (primary N) is 1. The molecule has 0 aliphatic rings. The lowest BCUT2D eigenvalue weighted by molar-refractivity contribution is 0.469. The Hall–Kier alpha value is -2.47. The molecule has 2 rings (SSSR count). The third-order valence-electron chi connectivity index (χ3n) is 2.58. The quantitative estimate of drug-likeness (QED) is 0.608. The van der Waals surface area contributed by atoms with Crippen molar-refractivity contribution in [3.63, 3.8) is 0 Å². The number of nitrogen functional groups attached to an aromatic ring is 1. The highest BCUT2D eigenvalue weighted by molar-refractivity contribution is 5.49. The first kappa shape index (κ1) is 11.0. The average molecular weight is 224 g/mol. The maximum atomic E-state index is 9.69. The fraction of sp³-hybridized carbons (Fsp3) is 0.0714. The van der Waals surface area contributed by atoms with Gasteiger partial charge in [-0.3, -0.25) is 0 Å². The van der Waals surface area contributed by atoms with Gasteiger partial charge in [0.15, 0.2) is 0 Å². The van der Waals surface area contributed by atoms with E-state index in [-0.39, 0.29) is 5.75 Å². The van der Waals surface area contributed by atoms with Gasteiger partial charge in [0.05, 0.1) is 11.6 Å². The first-order valence-electron chi connectivity index (χ1n) is 5.25. The molecule has 0 saturated heterocycles. The summed E-state index contributed by atoms with van der Waals surface area (Å²) in [7, 11) is 0. The molecule has 0 radical (unpaired) electrons. The summed E-state index contributed by atoms with van der Waals surface area (Å²) >= 11 is 0. The first-order chi connectivity index (χ1) is 8.19. The van der Waals surface area contributed by atoms with Crippen molar-refractivity contribution in [3.8, 4) is 11.8 Å². The van der Waals surface area contributed by atoms with E-state index in [2.05, 4.69) is 6.07 Å². The summed E-state index contributed by atoms with van der Waals surface area (Å²) in [5.41, 5.74) is 8.75. The predicted octanol–water partition coefficient (Wildman–Crippen LogP) is 2.44. The lowest BCUT2D eigenvalue weighted by atomic mass is 10.0. The number of aromatic hydroxyl groups is 1. The van der Waals surface area contributed by atoms with E-state index >= 15 is 0 Å². The standard InChI is InChI=1S/C14H12N2O/c15-9-11-3-1-10(2-4-11)7-12-8-13(16)5-6-14(12)17/h1-6,8,17H,7,16H2. The van der Waals surface area contributed by atoms with Gasteiger partial charge in [-0.2, -0.15) is 5.26 Å². The lowest BCUT2D eigenvalue weighted by Gasteiger charge is -2.06. The third kappa shape index (κ3) is 2.56. The van der Waals surface area contributed by atoms with E-state index < -0.39 is 0 Å². The molecule has 0 aromatic heterocycles. The fourth-order valence-electron chi connectivity index (χ4n) is 1.66. The van der Waals surface area contributed by atoms with E-state index in [9.17, 15) is 5.11 Å². The molecule has 2 aromatic rings. The maximum Gasteiger partial charge on any atom is 0.119 e. The Morgan fingerprint density at radius 2 is 1.82 bits per heavy atom. The molecule has 0 bridgehead atoms. The van der Waals surface area contributed by atoms with E-state index in [1.165, 1.54) is 0 Å². The van der Waals surface area contributed by atoms with E-state index in [1.54, 1.807) is 30.3 Å². The van der Waals surface area contributed by atoms with Gasteiger partial charge in [0.25, 0.3) is 0 Å². The highest BCUT2D eigenvalue weighted by Gasteiger charge is 2.03. The number of nitriles is 1. The molecular weight excluding hydrogens is 212 g/mol. The lowest BCUT2D eigenvalue weighted by Crippen LogP contribution is -1.92. The molecule has 17 heavy (non-hydrogen) atoms. The van der Waals surface area contributed by atoms with Crippen molar-refractivity contribution in [2.75, 3.05) is 5.73 Å². The number of benzene rings is 2. The third-order valence-corrected chi connectivity index (χ3v) is 2.58.